The molecule has 1 aliphatic heterocycles. The molecular weight excluding hydrogens is 423 g/mol. The molecule has 3 amide bonds. The van der Waals surface area contributed by atoms with Crippen LogP contribution in [0.4, 0.5) is 29.3 Å². The van der Waals surface area contributed by atoms with Gasteiger partial charge in [-0.1, -0.05) is 12.1 Å². The fraction of sp³-hybridized carbons (Fsp3) is 0.263. The van der Waals surface area contributed by atoms with Gasteiger partial charge >= 0.3 is 12.2 Å². The molecule has 0 aromatic heterocycles. The molecule has 1 saturated heterocycles. The molecular formula is C19H18F3N3O4S. The molecule has 0 spiro atoms. The van der Waals surface area contributed by atoms with Crippen molar-refractivity contribution in [2.24, 2.45) is 0 Å². The largest absolute Gasteiger partial charge is 0.416 e. The number of carbonyl (C=O) groups excluding carboxylic acids is 2. The molecule has 2 aromatic carbocycles. The average molecular weight is 441 g/mol. The third kappa shape index (κ3) is 5.50. The lowest BCUT2D eigenvalue weighted by Gasteiger charge is -2.26. The lowest BCUT2D eigenvalue weighted by molar-refractivity contribution is -0.137. The van der Waals surface area contributed by atoms with E-state index in [9.17, 15) is 31.2 Å². The van der Waals surface area contributed by atoms with E-state index < -0.39 is 33.5 Å². The minimum absolute atomic E-state index is 0.0150. The lowest BCUT2D eigenvalue weighted by atomic mass is 10.1. The van der Waals surface area contributed by atoms with Crippen LogP contribution < -0.4 is 10.6 Å². The predicted molar refractivity (Wildman–Crippen MR) is 105 cm³/mol. The summed E-state index contributed by atoms with van der Waals surface area (Å²) in [6.07, 6.45) is -4.53. The molecule has 7 nitrogen and oxygen atoms in total. The number of hydrogen-bond donors (Lipinski definition) is 2. The first-order valence-corrected chi connectivity index (χ1v) is 10.7. The Morgan fingerprint density at radius 3 is 2.13 bits per heavy atom. The van der Waals surface area contributed by atoms with Gasteiger partial charge in [-0.3, -0.25) is 4.79 Å². The summed E-state index contributed by atoms with van der Waals surface area (Å²) >= 11 is 0. The zero-order valence-electron chi connectivity index (χ0n) is 15.6. The number of alkyl halides is 3. The number of anilines is 2. The normalized spacial score (nSPS) is 16.0. The van der Waals surface area contributed by atoms with Crippen molar-refractivity contribution in [1.29, 1.82) is 0 Å². The van der Waals surface area contributed by atoms with Gasteiger partial charge in [-0.2, -0.15) is 13.2 Å². The fourth-order valence-corrected chi connectivity index (χ4v) is 4.03. The zero-order chi connectivity index (χ0) is 21.9. The molecule has 0 atom stereocenters. The molecule has 1 heterocycles. The van der Waals surface area contributed by atoms with E-state index in [1.54, 1.807) is 6.07 Å². The van der Waals surface area contributed by atoms with Crippen LogP contribution >= 0.6 is 0 Å². The van der Waals surface area contributed by atoms with Crippen molar-refractivity contribution in [3.63, 3.8) is 0 Å². The van der Waals surface area contributed by atoms with Gasteiger partial charge in [-0.15, -0.1) is 0 Å². The van der Waals surface area contributed by atoms with Gasteiger partial charge in [0.05, 0.1) is 17.1 Å². The highest BCUT2D eigenvalue weighted by atomic mass is 32.2. The van der Waals surface area contributed by atoms with Gasteiger partial charge in [0.25, 0.3) is 5.91 Å². The Labute approximate surface area is 170 Å². The Kier molecular flexibility index (Phi) is 6.01. The van der Waals surface area contributed by atoms with Crippen LogP contribution in [0.15, 0.2) is 48.5 Å². The van der Waals surface area contributed by atoms with Crippen LogP contribution in [0, 0.1) is 0 Å². The number of nitrogens with zero attached hydrogens (tertiary/aromatic N) is 1. The molecule has 0 unspecified atom stereocenters. The van der Waals surface area contributed by atoms with E-state index in [0.29, 0.717) is 5.69 Å². The van der Waals surface area contributed by atoms with Crippen molar-refractivity contribution in [3.8, 4) is 0 Å². The van der Waals surface area contributed by atoms with Crippen molar-refractivity contribution < 1.29 is 31.2 Å². The topological polar surface area (TPSA) is 95.6 Å². The van der Waals surface area contributed by atoms with Gasteiger partial charge in [-0.05, 0) is 36.4 Å². The number of hydrogen-bond acceptors (Lipinski definition) is 4. The van der Waals surface area contributed by atoms with Crippen LogP contribution in [-0.2, 0) is 16.0 Å². The number of nitrogens with one attached hydrogen (secondary N) is 2. The van der Waals surface area contributed by atoms with Crippen molar-refractivity contribution in [2.75, 3.05) is 35.2 Å². The van der Waals surface area contributed by atoms with Gasteiger partial charge in [0.1, 0.15) is 0 Å². The van der Waals surface area contributed by atoms with Gasteiger partial charge in [0.2, 0.25) is 0 Å². The highest BCUT2D eigenvalue weighted by molar-refractivity contribution is 7.91. The third-order valence-electron chi connectivity index (χ3n) is 4.46. The summed E-state index contributed by atoms with van der Waals surface area (Å²) in [5, 5.41) is 4.99. The number of urea groups is 1. The van der Waals surface area contributed by atoms with Gasteiger partial charge < -0.3 is 15.5 Å². The van der Waals surface area contributed by atoms with Crippen LogP contribution in [0.2, 0.25) is 0 Å². The average Bonchev–Trinajstić information content (AvgIpc) is 2.67. The van der Waals surface area contributed by atoms with Crippen molar-refractivity contribution in [1.82, 2.24) is 4.90 Å². The van der Waals surface area contributed by atoms with Crippen LogP contribution in [0.1, 0.15) is 15.9 Å². The van der Waals surface area contributed by atoms with E-state index in [0.717, 1.165) is 12.1 Å². The minimum Gasteiger partial charge on any atom is -0.322 e. The van der Waals surface area contributed by atoms with Gasteiger partial charge in [0, 0.05) is 30.0 Å². The number of amides is 3. The monoisotopic (exact) mass is 441 g/mol. The number of sulfone groups is 1. The van der Waals surface area contributed by atoms with Crippen LogP contribution in [-0.4, -0.2) is 49.9 Å². The molecule has 1 fully saturated rings. The second-order valence-electron chi connectivity index (χ2n) is 6.68. The maximum atomic E-state index is 12.8. The first-order valence-electron chi connectivity index (χ1n) is 8.88. The molecule has 3 rings (SSSR count). The van der Waals surface area contributed by atoms with Crippen LogP contribution in [0.5, 0.6) is 0 Å². The summed E-state index contributed by atoms with van der Waals surface area (Å²) in [6, 6.07) is 9.63. The quantitative estimate of drug-likeness (QED) is 0.765. The summed E-state index contributed by atoms with van der Waals surface area (Å²) in [5.41, 5.74) is -0.472. The molecule has 2 N–H and O–H groups in total. The summed E-state index contributed by atoms with van der Waals surface area (Å²) in [5.74, 6) is -0.867. The van der Waals surface area contributed by atoms with E-state index in [-0.39, 0.29) is 35.8 Å². The molecule has 30 heavy (non-hydrogen) atoms. The lowest BCUT2D eigenvalue weighted by Crippen LogP contribution is -2.45. The van der Waals surface area contributed by atoms with E-state index >= 15 is 0 Å². The molecule has 160 valence electrons. The van der Waals surface area contributed by atoms with Crippen LogP contribution in [0.25, 0.3) is 0 Å². The molecule has 0 bridgehead atoms. The molecule has 0 aliphatic carbocycles. The predicted octanol–water partition coefficient (Wildman–Crippen LogP) is 3.22. The number of carbonyl (C=O) groups is 2. The van der Waals surface area contributed by atoms with E-state index in [2.05, 4.69) is 10.6 Å². The highest BCUT2D eigenvalue weighted by Crippen LogP contribution is 2.30. The smallest absolute Gasteiger partial charge is 0.322 e. The Morgan fingerprint density at radius 2 is 1.50 bits per heavy atom. The van der Waals surface area contributed by atoms with Crippen LogP contribution in [0.3, 0.4) is 0 Å². The number of benzene rings is 2. The summed E-state index contributed by atoms with van der Waals surface area (Å²) < 4.78 is 61.3. The molecule has 0 saturated carbocycles. The fourth-order valence-electron chi connectivity index (χ4n) is 2.83. The maximum Gasteiger partial charge on any atom is 0.416 e. The minimum atomic E-state index is -4.53. The summed E-state index contributed by atoms with van der Waals surface area (Å²) in [4.78, 5) is 26.1. The zero-order valence-corrected chi connectivity index (χ0v) is 16.4. The summed E-state index contributed by atoms with van der Waals surface area (Å²) in [7, 11) is -3.13. The van der Waals surface area contributed by atoms with Crippen molar-refractivity contribution >= 4 is 33.2 Å². The van der Waals surface area contributed by atoms with Gasteiger partial charge in [0.15, 0.2) is 9.84 Å². The Bertz CT molecular complexity index is 1060. The van der Waals surface area contributed by atoms with Crippen molar-refractivity contribution in [2.45, 2.75) is 6.18 Å². The SMILES string of the molecule is O=C(Nc1cccc(C(F)(F)F)c1)c1cccc(NC(=O)N2CCS(=O)(=O)CC2)c1. The first-order chi connectivity index (χ1) is 14.0. The molecule has 0 radical (unpaired) electrons. The maximum absolute atomic E-state index is 12.8. The highest BCUT2D eigenvalue weighted by Gasteiger charge is 2.30. The standard InChI is InChI=1S/C19H18F3N3O4S/c20-19(21,22)14-4-2-6-16(12-14)23-17(26)13-3-1-5-15(11-13)24-18(27)25-7-9-30(28,29)10-8-25/h1-6,11-12H,7-10H2,(H,23,26)(H,24,27). The van der Waals surface area contributed by atoms with E-state index in [1.165, 1.54) is 35.2 Å². The van der Waals surface area contributed by atoms with E-state index in [4.69, 9.17) is 0 Å². The molecule has 1 aliphatic rings. The third-order valence-corrected chi connectivity index (χ3v) is 6.06. The Morgan fingerprint density at radius 1 is 0.900 bits per heavy atom. The van der Waals surface area contributed by atoms with Crippen molar-refractivity contribution in [3.05, 3.63) is 59.7 Å². The molecule has 2 aromatic rings. The number of rotatable bonds is 3. The second-order valence-corrected chi connectivity index (χ2v) is 8.99. The van der Waals surface area contributed by atoms with E-state index in [1.807, 2.05) is 0 Å². The Hall–Kier alpha value is -3.08. The number of halogens is 3. The van der Waals surface area contributed by atoms with Gasteiger partial charge in [-0.25, -0.2) is 13.2 Å². The second kappa shape index (κ2) is 8.34. The molecule has 11 heteroatoms. The summed E-state index contributed by atoms with van der Waals surface area (Å²) in [6.45, 7) is 0.147. The first kappa shape index (κ1) is 21.6. The Balaban J connectivity index is 1.66.